The molecule has 1 aliphatic heterocycles. The number of hydrogen-bond acceptors (Lipinski definition) is 3. The number of halogens is 4. The van der Waals surface area contributed by atoms with Gasteiger partial charge in [0.25, 0.3) is 5.91 Å². The number of nitrogens with zero attached hydrogens (tertiary/aromatic N) is 1. The molecule has 1 aliphatic rings. The number of nitrogens with two attached hydrogens (primary N) is 1. The maximum absolute atomic E-state index is 12.7. The predicted octanol–water partition coefficient (Wildman–Crippen LogP) is 4.78. The van der Waals surface area contributed by atoms with Crippen LogP contribution in [0.1, 0.15) is 23.0 Å². The van der Waals surface area contributed by atoms with Gasteiger partial charge in [0.05, 0.1) is 11.7 Å². The van der Waals surface area contributed by atoms with E-state index in [0.717, 1.165) is 11.3 Å². The lowest BCUT2D eigenvalue weighted by Gasteiger charge is -2.28. The van der Waals surface area contributed by atoms with E-state index in [4.69, 9.17) is 5.73 Å². The highest BCUT2D eigenvalue weighted by Crippen LogP contribution is 2.40. The first-order valence-corrected chi connectivity index (χ1v) is 9.52. The zero-order valence-corrected chi connectivity index (χ0v) is 17.2. The zero-order chi connectivity index (χ0) is 21.3. The van der Waals surface area contributed by atoms with E-state index < -0.39 is 6.36 Å². The molecular weight excluding hydrogens is 431 g/mol. The molecule has 1 amide bonds. The molecule has 164 valence electrons. The van der Waals surface area contributed by atoms with Gasteiger partial charge in [0, 0.05) is 12.1 Å². The maximum Gasteiger partial charge on any atom is 0.573 e. The Morgan fingerprint density at radius 3 is 2.45 bits per heavy atom. The average molecular weight is 452 g/mol. The van der Waals surface area contributed by atoms with E-state index in [0.29, 0.717) is 36.3 Å². The highest BCUT2D eigenvalue weighted by atomic mass is 35.5. The van der Waals surface area contributed by atoms with E-state index >= 15 is 0 Å². The number of carbonyl (C=O) groups excluding carboxylic acids is 1. The molecule has 0 saturated heterocycles. The molecule has 4 rings (SSSR count). The highest BCUT2D eigenvalue weighted by Gasteiger charge is 2.32. The molecule has 5 nitrogen and oxygen atoms in total. The summed E-state index contributed by atoms with van der Waals surface area (Å²) in [7, 11) is 0. The van der Waals surface area contributed by atoms with Crippen molar-refractivity contribution < 1.29 is 22.7 Å². The number of nitrogens with one attached hydrogen (secondary N) is 1. The molecule has 1 atom stereocenters. The molecule has 0 saturated carbocycles. The van der Waals surface area contributed by atoms with Crippen molar-refractivity contribution in [1.29, 1.82) is 0 Å². The quantitative estimate of drug-likeness (QED) is 0.586. The minimum Gasteiger partial charge on any atom is -0.406 e. The monoisotopic (exact) mass is 451 g/mol. The van der Waals surface area contributed by atoms with Gasteiger partial charge in [-0.1, -0.05) is 42.5 Å². The minimum atomic E-state index is -4.78. The summed E-state index contributed by atoms with van der Waals surface area (Å²) in [5.41, 5.74) is 9.05. The largest absolute Gasteiger partial charge is 0.573 e. The number of hydrogen-bond donors (Lipinski definition) is 2. The number of amides is 1. The van der Waals surface area contributed by atoms with E-state index in [9.17, 15) is 18.0 Å². The third kappa shape index (κ3) is 4.70. The van der Waals surface area contributed by atoms with Gasteiger partial charge in [0.1, 0.15) is 11.4 Å². The van der Waals surface area contributed by atoms with Crippen LogP contribution in [0.5, 0.6) is 5.75 Å². The molecule has 2 heterocycles. The topological polar surface area (TPSA) is 69.3 Å². The molecule has 0 unspecified atom stereocenters. The van der Waals surface area contributed by atoms with Crippen molar-refractivity contribution >= 4 is 18.3 Å². The Morgan fingerprint density at radius 2 is 1.77 bits per heavy atom. The Hall–Kier alpha value is -2.97. The van der Waals surface area contributed by atoms with Crippen molar-refractivity contribution in [3.8, 4) is 28.1 Å². The summed E-state index contributed by atoms with van der Waals surface area (Å²) in [6.07, 6.45) is -4.13. The van der Waals surface area contributed by atoms with Crippen molar-refractivity contribution in [2.24, 2.45) is 5.73 Å². The lowest BCUT2D eigenvalue weighted by atomic mass is 10.0. The third-order valence-corrected chi connectivity index (χ3v) is 5.06. The van der Waals surface area contributed by atoms with E-state index in [-0.39, 0.29) is 30.1 Å². The van der Waals surface area contributed by atoms with Crippen LogP contribution >= 0.6 is 12.4 Å². The third-order valence-electron chi connectivity index (χ3n) is 5.06. The summed E-state index contributed by atoms with van der Waals surface area (Å²) in [4.78, 5) is 12.6. The number of alkyl halides is 3. The number of aromatic nitrogens is 1. The van der Waals surface area contributed by atoms with E-state index in [1.807, 2.05) is 34.9 Å². The van der Waals surface area contributed by atoms with Crippen molar-refractivity contribution in [3.05, 3.63) is 66.4 Å². The van der Waals surface area contributed by atoms with Crippen molar-refractivity contribution in [2.45, 2.75) is 18.8 Å². The summed E-state index contributed by atoms with van der Waals surface area (Å²) in [6, 6.07) is 16.9. The van der Waals surface area contributed by atoms with Crippen molar-refractivity contribution in [3.63, 3.8) is 0 Å². The van der Waals surface area contributed by atoms with Gasteiger partial charge in [-0.25, -0.2) is 0 Å². The summed E-state index contributed by atoms with van der Waals surface area (Å²) in [5.74, 6) is -0.541. The fourth-order valence-corrected chi connectivity index (χ4v) is 3.87. The first kappa shape index (κ1) is 22.7. The SMILES string of the molecule is Cl.NCC[C@H]1CNC(=O)c2cc(-c3cccc(OC(F)(F)F)c3)c(-c3ccccc3)n21. The van der Waals surface area contributed by atoms with E-state index in [1.54, 1.807) is 12.1 Å². The summed E-state index contributed by atoms with van der Waals surface area (Å²) in [6.45, 7) is 0.880. The molecule has 3 aromatic rings. The Bertz CT molecular complexity index is 1070. The molecule has 0 fully saturated rings. The fraction of sp³-hybridized carbons (Fsp3) is 0.227. The predicted molar refractivity (Wildman–Crippen MR) is 114 cm³/mol. The van der Waals surface area contributed by atoms with Gasteiger partial charge in [-0.2, -0.15) is 0 Å². The molecule has 0 radical (unpaired) electrons. The number of carbonyl (C=O) groups is 1. The fourth-order valence-electron chi connectivity index (χ4n) is 3.87. The van der Waals surface area contributed by atoms with Gasteiger partial charge in [-0.05, 0) is 42.3 Å². The molecule has 3 N–H and O–H groups in total. The second kappa shape index (κ2) is 9.03. The molecule has 0 aliphatic carbocycles. The van der Waals surface area contributed by atoms with Crippen LogP contribution in [-0.2, 0) is 0 Å². The minimum absolute atomic E-state index is 0. The van der Waals surface area contributed by atoms with E-state index in [1.165, 1.54) is 18.2 Å². The van der Waals surface area contributed by atoms with Gasteiger partial charge in [-0.3, -0.25) is 4.79 Å². The van der Waals surface area contributed by atoms with Gasteiger partial charge < -0.3 is 20.4 Å². The average Bonchev–Trinajstić information content (AvgIpc) is 3.12. The molecule has 9 heteroatoms. The molecular formula is C22H21ClF3N3O2. The second-order valence-corrected chi connectivity index (χ2v) is 7.04. The Kier molecular flexibility index (Phi) is 6.62. The van der Waals surface area contributed by atoms with Gasteiger partial charge in [-0.15, -0.1) is 25.6 Å². The lowest BCUT2D eigenvalue weighted by molar-refractivity contribution is -0.274. The molecule has 1 aromatic heterocycles. The van der Waals surface area contributed by atoms with Crippen LogP contribution in [0.15, 0.2) is 60.7 Å². The van der Waals surface area contributed by atoms with Crippen LogP contribution in [0.25, 0.3) is 22.4 Å². The van der Waals surface area contributed by atoms with Crippen LogP contribution in [0, 0.1) is 0 Å². The summed E-state index contributed by atoms with van der Waals surface area (Å²) in [5, 5.41) is 2.87. The first-order chi connectivity index (χ1) is 14.4. The lowest BCUT2D eigenvalue weighted by Crippen LogP contribution is -2.39. The zero-order valence-electron chi connectivity index (χ0n) is 16.4. The van der Waals surface area contributed by atoms with Crippen LogP contribution in [0.3, 0.4) is 0 Å². The smallest absolute Gasteiger partial charge is 0.406 e. The highest BCUT2D eigenvalue weighted by molar-refractivity contribution is 5.98. The van der Waals surface area contributed by atoms with Gasteiger partial charge >= 0.3 is 6.36 Å². The summed E-state index contributed by atoms with van der Waals surface area (Å²) < 4.78 is 44.1. The van der Waals surface area contributed by atoms with Crippen LogP contribution < -0.4 is 15.8 Å². The summed E-state index contributed by atoms with van der Waals surface area (Å²) >= 11 is 0. The number of rotatable bonds is 5. The molecule has 0 bridgehead atoms. The van der Waals surface area contributed by atoms with Crippen molar-refractivity contribution in [2.75, 3.05) is 13.1 Å². The first-order valence-electron chi connectivity index (χ1n) is 9.52. The maximum atomic E-state index is 12.7. The van der Waals surface area contributed by atoms with Gasteiger partial charge in [0.15, 0.2) is 0 Å². The van der Waals surface area contributed by atoms with Crippen LogP contribution in [0.4, 0.5) is 13.2 Å². The number of ether oxygens (including phenoxy) is 1. The molecule has 31 heavy (non-hydrogen) atoms. The normalized spacial score (nSPS) is 15.6. The van der Waals surface area contributed by atoms with Crippen LogP contribution in [-0.4, -0.2) is 29.9 Å². The molecule has 0 spiro atoms. The second-order valence-electron chi connectivity index (χ2n) is 7.04. The van der Waals surface area contributed by atoms with E-state index in [2.05, 4.69) is 10.1 Å². The standard InChI is InChI=1S/C22H20F3N3O2.ClH/c23-22(24,25)30-17-8-4-7-15(11-17)18-12-19-21(29)27-13-16(9-10-26)28(19)20(18)14-5-2-1-3-6-14;/h1-8,11-12,16H,9-10,13,26H2,(H,27,29);1H/t16-;/m0./s1. The van der Waals surface area contributed by atoms with Crippen molar-refractivity contribution in [1.82, 2.24) is 9.88 Å². The Labute approximate surface area is 183 Å². The van der Waals surface area contributed by atoms with Gasteiger partial charge in [0.2, 0.25) is 0 Å². The molecule has 2 aromatic carbocycles. The Morgan fingerprint density at radius 1 is 1.06 bits per heavy atom. The Balaban J connectivity index is 0.00000272. The van der Waals surface area contributed by atoms with Crippen LogP contribution in [0.2, 0.25) is 0 Å². The number of benzene rings is 2. The number of fused-ring (bicyclic) bond motifs is 1.